The Morgan fingerprint density at radius 3 is 2.75 bits per heavy atom. The average molecular weight is 390 g/mol. The molecule has 0 aromatic carbocycles. The molecule has 28 heavy (non-hydrogen) atoms. The minimum atomic E-state index is -1.03. The molecule has 0 aromatic rings. The molecule has 0 bridgehead atoms. The van der Waals surface area contributed by atoms with Gasteiger partial charge in [-0.1, -0.05) is 19.2 Å². The van der Waals surface area contributed by atoms with Gasteiger partial charge in [0.1, 0.15) is 24.6 Å². The molecule has 2 rings (SSSR count). The summed E-state index contributed by atoms with van der Waals surface area (Å²) in [7, 11) is 0. The third-order valence-corrected chi connectivity index (χ3v) is 4.76. The number of hydrogen-bond donors (Lipinski definition) is 1. The topological polar surface area (TPSA) is 99.1 Å². The van der Waals surface area contributed by atoms with E-state index >= 15 is 0 Å². The fraction of sp³-hybridized carbons (Fsp3) is 0.476. The van der Waals surface area contributed by atoms with E-state index in [4.69, 9.17) is 14.2 Å². The SMILES string of the molecule is C=C(C)C(=O)O[C@H]1[C@H]2C(=C)C(=O)O[C@@H]2/C=C(\CO)CC/C=C(/C=O)[C@@H]1OCC. The molecule has 0 saturated carbocycles. The first-order valence-corrected chi connectivity index (χ1v) is 9.17. The van der Waals surface area contributed by atoms with E-state index < -0.39 is 36.2 Å². The number of aliphatic hydroxyl groups excluding tert-OH is 1. The summed E-state index contributed by atoms with van der Waals surface area (Å²) in [5, 5.41) is 9.62. The molecular weight excluding hydrogens is 364 g/mol. The van der Waals surface area contributed by atoms with Crippen LogP contribution in [0.2, 0.25) is 0 Å². The predicted octanol–water partition coefficient (Wildman–Crippen LogP) is 1.81. The second-order valence-corrected chi connectivity index (χ2v) is 6.79. The molecule has 1 aliphatic heterocycles. The molecule has 152 valence electrons. The van der Waals surface area contributed by atoms with Crippen molar-refractivity contribution >= 4 is 18.2 Å². The standard InChI is InChI=1S/C21H26O7/c1-5-26-18-15(11-23)8-6-7-14(10-22)9-16-17(13(4)21(25)27-16)19(18)28-20(24)12(2)3/h8-9,11,16-19,22H,2,4-7,10H2,1,3H3/b14-9-,15-8-/t16-,17+,18+,19+/m1/s1. The molecule has 1 N–H and O–H groups in total. The van der Waals surface area contributed by atoms with Crippen molar-refractivity contribution in [2.24, 2.45) is 5.92 Å². The predicted molar refractivity (Wildman–Crippen MR) is 101 cm³/mol. The monoisotopic (exact) mass is 390 g/mol. The summed E-state index contributed by atoms with van der Waals surface area (Å²) in [5.41, 5.74) is 1.24. The molecule has 7 heteroatoms. The van der Waals surface area contributed by atoms with Gasteiger partial charge in [0.05, 0.1) is 12.5 Å². The van der Waals surface area contributed by atoms with Gasteiger partial charge in [-0.2, -0.15) is 0 Å². The molecule has 1 saturated heterocycles. The third-order valence-electron chi connectivity index (χ3n) is 4.76. The lowest BCUT2D eigenvalue weighted by molar-refractivity contribution is -0.156. The van der Waals surface area contributed by atoms with Crippen molar-refractivity contribution in [3.05, 3.63) is 47.6 Å². The molecular formula is C21H26O7. The van der Waals surface area contributed by atoms with Crippen LogP contribution < -0.4 is 0 Å². The molecule has 7 nitrogen and oxygen atoms in total. The molecule has 1 aliphatic carbocycles. The number of carbonyl (C=O) groups excluding carboxylic acids is 3. The molecule has 0 unspecified atom stereocenters. The highest BCUT2D eigenvalue weighted by Crippen LogP contribution is 2.37. The second kappa shape index (κ2) is 9.61. The zero-order valence-electron chi connectivity index (χ0n) is 16.2. The van der Waals surface area contributed by atoms with Crippen molar-refractivity contribution in [1.82, 2.24) is 0 Å². The molecule has 1 fully saturated rings. The van der Waals surface area contributed by atoms with Crippen LogP contribution in [0.1, 0.15) is 26.7 Å². The van der Waals surface area contributed by atoms with E-state index in [2.05, 4.69) is 13.2 Å². The lowest BCUT2D eigenvalue weighted by Crippen LogP contribution is -2.44. The number of aldehydes is 1. The van der Waals surface area contributed by atoms with Crippen molar-refractivity contribution in [2.45, 2.75) is 45.0 Å². The van der Waals surface area contributed by atoms with Crippen molar-refractivity contribution < 1.29 is 33.7 Å². The maximum absolute atomic E-state index is 12.3. The van der Waals surface area contributed by atoms with Gasteiger partial charge in [0.25, 0.3) is 0 Å². The van der Waals surface area contributed by atoms with Gasteiger partial charge >= 0.3 is 11.9 Å². The number of rotatable bonds is 6. The summed E-state index contributed by atoms with van der Waals surface area (Å²) in [6.45, 7) is 10.7. The summed E-state index contributed by atoms with van der Waals surface area (Å²) in [6, 6.07) is 0. The first-order chi connectivity index (χ1) is 13.3. The van der Waals surface area contributed by atoms with Gasteiger partial charge < -0.3 is 19.3 Å². The Balaban J connectivity index is 2.61. The maximum Gasteiger partial charge on any atom is 0.334 e. The van der Waals surface area contributed by atoms with E-state index in [1.54, 1.807) is 19.1 Å². The summed E-state index contributed by atoms with van der Waals surface area (Å²) in [6.07, 6.45) is 2.24. The van der Waals surface area contributed by atoms with Gasteiger partial charge in [0.15, 0.2) is 0 Å². The molecule has 0 spiro atoms. The van der Waals surface area contributed by atoms with Crippen LogP contribution in [0.15, 0.2) is 47.6 Å². The molecule has 2 aliphatic rings. The Hall–Kier alpha value is -2.51. The van der Waals surface area contributed by atoms with Crippen LogP contribution in [0.25, 0.3) is 0 Å². The minimum absolute atomic E-state index is 0.119. The highest BCUT2D eigenvalue weighted by Gasteiger charge is 2.48. The van der Waals surface area contributed by atoms with Gasteiger partial charge in [-0.05, 0) is 38.3 Å². The van der Waals surface area contributed by atoms with E-state index in [1.165, 1.54) is 6.92 Å². The lowest BCUT2D eigenvalue weighted by atomic mass is 9.83. The van der Waals surface area contributed by atoms with Crippen LogP contribution in [0.3, 0.4) is 0 Å². The molecule has 0 radical (unpaired) electrons. The number of ether oxygens (including phenoxy) is 3. The van der Waals surface area contributed by atoms with Crippen LogP contribution in [0, 0.1) is 5.92 Å². The largest absolute Gasteiger partial charge is 0.455 e. The van der Waals surface area contributed by atoms with Crippen LogP contribution in [-0.4, -0.2) is 54.9 Å². The Labute approximate surface area is 164 Å². The van der Waals surface area contributed by atoms with Gasteiger partial charge in [0.2, 0.25) is 0 Å². The van der Waals surface area contributed by atoms with Gasteiger partial charge in [0, 0.05) is 23.3 Å². The Kier molecular flexibility index (Phi) is 7.48. The van der Waals surface area contributed by atoms with Crippen LogP contribution >= 0.6 is 0 Å². The van der Waals surface area contributed by atoms with Crippen molar-refractivity contribution in [3.8, 4) is 0 Å². The van der Waals surface area contributed by atoms with E-state index in [9.17, 15) is 19.5 Å². The highest BCUT2D eigenvalue weighted by molar-refractivity contribution is 5.92. The Morgan fingerprint density at radius 2 is 2.18 bits per heavy atom. The second-order valence-electron chi connectivity index (χ2n) is 6.79. The summed E-state index contributed by atoms with van der Waals surface area (Å²) in [4.78, 5) is 36.3. The minimum Gasteiger partial charge on any atom is -0.455 e. The average Bonchev–Trinajstić information content (AvgIpc) is 2.94. The summed E-state index contributed by atoms with van der Waals surface area (Å²) >= 11 is 0. The third kappa shape index (κ3) is 4.66. The number of carbonyl (C=O) groups is 3. The number of hydrogen-bond acceptors (Lipinski definition) is 7. The fourth-order valence-electron chi connectivity index (χ4n) is 3.34. The summed E-state index contributed by atoms with van der Waals surface area (Å²) < 4.78 is 16.8. The van der Waals surface area contributed by atoms with Crippen molar-refractivity contribution in [3.63, 3.8) is 0 Å². The van der Waals surface area contributed by atoms with Gasteiger partial charge in [-0.3, -0.25) is 4.79 Å². The van der Waals surface area contributed by atoms with E-state index in [0.29, 0.717) is 30.3 Å². The number of esters is 2. The fourth-order valence-corrected chi connectivity index (χ4v) is 3.34. The quantitative estimate of drug-likeness (QED) is 0.320. The number of fused-ring (bicyclic) bond motifs is 1. The van der Waals surface area contributed by atoms with Gasteiger partial charge in [-0.15, -0.1) is 0 Å². The zero-order chi connectivity index (χ0) is 20.8. The maximum atomic E-state index is 12.3. The lowest BCUT2D eigenvalue weighted by Gasteiger charge is -2.33. The molecule has 4 atom stereocenters. The summed E-state index contributed by atoms with van der Waals surface area (Å²) in [5.74, 6) is -2.06. The van der Waals surface area contributed by atoms with Crippen LogP contribution in [0.5, 0.6) is 0 Å². The molecule has 0 aromatic heterocycles. The van der Waals surface area contributed by atoms with E-state index in [0.717, 1.165) is 0 Å². The Morgan fingerprint density at radius 1 is 1.46 bits per heavy atom. The van der Waals surface area contributed by atoms with Crippen LogP contribution in [-0.2, 0) is 28.6 Å². The normalized spacial score (nSPS) is 31.5. The first-order valence-electron chi connectivity index (χ1n) is 9.17. The first kappa shape index (κ1) is 21.8. The number of aliphatic hydroxyl groups is 1. The molecule has 0 amide bonds. The van der Waals surface area contributed by atoms with Crippen molar-refractivity contribution in [2.75, 3.05) is 13.2 Å². The van der Waals surface area contributed by atoms with Gasteiger partial charge in [-0.25, -0.2) is 9.59 Å². The van der Waals surface area contributed by atoms with E-state index in [-0.39, 0.29) is 24.4 Å². The van der Waals surface area contributed by atoms with Crippen LogP contribution in [0.4, 0.5) is 0 Å². The smallest absolute Gasteiger partial charge is 0.334 e. The zero-order valence-corrected chi connectivity index (χ0v) is 16.2. The van der Waals surface area contributed by atoms with Crippen molar-refractivity contribution in [1.29, 1.82) is 0 Å². The molecule has 1 heterocycles. The highest BCUT2D eigenvalue weighted by atomic mass is 16.6. The Bertz CT molecular complexity index is 731. The van der Waals surface area contributed by atoms with E-state index in [1.807, 2.05) is 0 Å². The number of allylic oxidation sites excluding steroid dienone is 1.